The van der Waals surface area contributed by atoms with Crippen LogP contribution in [0.1, 0.15) is 41.6 Å². The van der Waals surface area contributed by atoms with E-state index in [1.807, 2.05) is 42.5 Å². The summed E-state index contributed by atoms with van der Waals surface area (Å²) in [5.41, 5.74) is 2.02. The summed E-state index contributed by atoms with van der Waals surface area (Å²) in [5, 5.41) is 6.38. The summed E-state index contributed by atoms with van der Waals surface area (Å²) in [5.74, 6) is 0.0449. The van der Waals surface area contributed by atoms with E-state index in [2.05, 4.69) is 34.5 Å². The lowest BCUT2D eigenvalue weighted by Gasteiger charge is -2.39. The van der Waals surface area contributed by atoms with Crippen molar-refractivity contribution in [2.24, 2.45) is 0 Å². The van der Waals surface area contributed by atoms with Crippen LogP contribution in [0.25, 0.3) is 10.8 Å². The largest absolute Gasteiger partial charge is 0.349 e. The molecule has 0 radical (unpaired) electrons. The number of carbonyl (C=O) groups is 1. The van der Waals surface area contributed by atoms with Gasteiger partial charge in [0.15, 0.2) is 0 Å². The van der Waals surface area contributed by atoms with Crippen LogP contribution in [-0.2, 0) is 6.54 Å². The van der Waals surface area contributed by atoms with Gasteiger partial charge in [0, 0.05) is 35.3 Å². The molecule has 0 saturated carbocycles. The molecule has 0 aliphatic carbocycles. The normalized spacial score (nSPS) is 24.0. The van der Waals surface area contributed by atoms with Gasteiger partial charge in [-0.1, -0.05) is 54.1 Å². The number of rotatable bonds is 4. The van der Waals surface area contributed by atoms with Crippen molar-refractivity contribution in [3.8, 4) is 0 Å². The predicted molar refractivity (Wildman–Crippen MR) is 118 cm³/mol. The topological polar surface area (TPSA) is 32.3 Å². The summed E-state index contributed by atoms with van der Waals surface area (Å²) in [6, 6.07) is 23.6. The molecule has 3 aromatic carbocycles. The van der Waals surface area contributed by atoms with E-state index in [0.717, 1.165) is 40.7 Å². The fourth-order valence-corrected chi connectivity index (χ4v) is 5.31. The second-order valence-electron chi connectivity index (χ2n) is 8.39. The molecule has 2 atom stereocenters. The van der Waals surface area contributed by atoms with Crippen molar-refractivity contribution in [1.82, 2.24) is 10.2 Å². The highest BCUT2D eigenvalue weighted by Gasteiger charge is 2.40. The highest BCUT2D eigenvalue weighted by molar-refractivity contribution is 6.30. The van der Waals surface area contributed by atoms with Gasteiger partial charge in [0.2, 0.25) is 0 Å². The quantitative estimate of drug-likeness (QED) is 0.629. The molecule has 148 valence electrons. The number of halogens is 1. The summed E-state index contributed by atoms with van der Waals surface area (Å²) in [6.07, 6.45) is 4.48. The first kappa shape index (κ1) is 18.7. The summed E-state index contributed by atoms with van der Waals surface area (Å²) < 4.78 is 0. The fourth-order valence-electron chi connectivity index (χ4n) is 5.10. The van der Waals surface area contributed by atoms with Crippen molar-refractivity contribution in [1.29, 1.82) is 0 Å². The molecule has 2 bridgehead atoms. The summed E-state index contributed by atoms with van der Waals surface area (Å²) in [4.78, 5) is 15.5. The molecule has 1 N–H and O–H groups in total. The molecule has 2 fully saturated rings. The van der Waals surface area contributed by atoms with Gasteiger partial charge < -0.3 is 5.32 Å². The number of hydrogen-bond donors (Lipinski definition) is 1. The first-order chi connectivity index (χ1) is 14.2. The minimum atomic E-state index is 0.0449. The molecule has 0 aromatic heterocycles. The van der Waals surface area contributed by atoms with Crippen LogP contribution in [0, 0.1) is 0 Å². The van der Waals surface area contributed by atoms with Crippen LogP contribution < -0.4 is 5.32 Å². The Hall–Kier alpha value is -2.36. The molecule has 1 amide bonds. The van der Waals surface area contributed by atoms with Gasteiger partial charge in [0.25, 0.3) is 5.91 Å². The Morgan fingerprint density at radius 2 is 1.69 bits per heavy atom. The maximum Gasteiger partial charge on any atom is 0.251 e. The van der Waals surface area contributed by atoms with Gasteiger partial charge in [-0.25, -0.2) is 0 Å². The van der Waals surface area contributed by atoms with Gasteiger partial charge in [-0.15, -0.1) is 0 Å². The maximum absolute atomic E-state index is 12.9. The Labute approximate surface area is 176 Å². The van der Waals surface area contributed by atoms with E-state index in [-0.39, 0.29) is 11.9 Å². The molecule has 2 aliphatic rings. The van der Waals surface area contributed by atoms with Crippen molar-refractivity contribution in [3.63, 3.8) is 0 Å². The molecule has 0 spiro atoms. The third-order valence-electron chi connectivity index (χ3n) is 6.49. The highest BCUT2D eigenvalue weighted by atomic mass is 35.5. The summed E-state index contributed by atoms with van der Waals surface area (Å²) >= 11 is 6.16. The Morgan fingerprint density at radius 1 is 0.931 bits per heavy atom. The zero-order chi connectivity index (χ0) is 19.8. The van der Waals surface area contributed by atoms with Crippen LogP contribution >= 0.6 is 11.6 Å². The number of amides is 1. The van der Waals surface area contributed by atoms with E-state index in [9.17, 15) is 4.79 Å². The van der Waals surface area contributed by atoms with E-state index in [0.29, 0.717) is 12.1 Å². The number of hydrogen-bond acceptors (Lipinski definition) is 2. The summed E-state index contributed by atoms with van der Waals surface area (Å²) in [7, 11) is 0. The van der Waals surface area contributed by atoms with E-state index in [1.165, 1.54) is 18.4 Å². The molecule has 3 aromatic rings. The lowest BCUT2D eigenvalue weighted by Crippen LogP contribution is -2.49. The van der Waals surface area contributed by atoms with Crippen molar-refractivity contribution in [2.75, 3.05) is 0 Å². The number of fused-ring (bicyclic) bond motifs is 3. The van der Waals surface area contributed by atoms with Crippen molar-refractivity contribution >= 4 is 28.3 Å². The highest BCUT2D eigenvalue weighted by Crippen LogP contribution is 2.37. The minimum absolute atomic E-state index is 0.0449. The van der Waals surface area contributed by atoms with Gasteiger partial charge in [-0.2, -0.15) is 0 Å². The third kappa shape index (κ3) is 3.90. The van der Waals surface area contributed by atoms with Crippen LogP contribution in [0.3, 0.4) is 0 Å². The number of nitrogens with zero attached hydrogens (tertiary/aromatic N) is 1. The van der Waals surface area contributed by atoms with Crippen LogP contribution in [0.4, 0.5) is 0 Å². The minimum Gasteiger partial charge on any atom is -0.349 e. The van der Waals surface area contributed by atoms with Crippen molar-refractivity contribution < 1.29 is 4.79 Å². The zero-order valence-electron chi connectivity index (χ0n) is 16.4. The SMILES string of the molecule is O=C(NC1CC2CCC(C1)N2Cc1cccc(Cl)c1)c1ccc2ccccc2c1. The number of benzene rings is 3. The average Bonchev–Trinajstić information content (AvgIpc) is 2.95. The molecule has 3 nitrogen and oxygen atoms in total. The van der Waals surface area contributed by atoms with Gasteiger partial charge in [-0.3, -0.25) is 9.69 Å². The third-order valence-corrected chi connectivity index (χ3v) is 6.72. The smallest absolute Gasteiger partial charge is 0.251 e. The first-order valence-corrected chi connectivity index (χ1v) is 10.8. The fraction of sp³-hybridized carbons (Fsp3) is 0.320. The molecular weight excluding hydrogens is 380 g/mol. The van der Waals surface area contributed by atoms with Crippen LogP contribution in [0.15, 0.2) is 66.7 Å². The van der Waals surface area contributed by atoms with Crippen molar-refractivity contribution in [2.45, 2.75) is 50.4 Å². The second kappa shape index (κ2) is 7.81. The molecule has 2 aliphatic heterocycles. The van der Waals surface area contributed by atoms with E-state index < -0.39 is 0 Å². The molecule has 2 unspecified atom stereocenters. The second-order valence-corrected chi connectivity index (χ2v) is 8.83. The Balaban J connectivity index is 1.25. The molecule has 5 rings (SSSR count). The lowest BCUT2D eigenvalue weighted by atomic mass is 9.96. The van der Waals surface area contributed by atoms with Gasteiger partial charge in [0.05, 0.1) is 0 Å². The monoisotopic (exact) mass is 404 g/mol. The zero-order valence-corrected chi connectivity index (χ0v) is 17.1. The van der Waals surface area contributed by atoms with Crippen molar-refractivity contribution in [3.05, 3.63) is 82.9 Å². The molecule has 4 heteroatoms. The predicted octanol–water partition coefficient (Wildman–Crippen LogP) is 5.42. The Kier molecular flexibility index (Phi) is 5.03. The molecule has 29 heavy (non-hydrogen) atoms. The Bertz CT molecular complexity index is 1040. The maximum atomic E-state index is 12.9. The van der Waals surface area contributed by atoms with Crippen LogP contribution in [0.5, 0.6) is 0 Å². The van der Waals surface area contributed by atoms with E-state index in [1.54, 1.807) is 0 Å². The van der Waals surface area contributed by atoms with Gasteiger partial charge >= 0.3 is 0 Å². The summed E-state index contributed by atoms with van der Waals surface area (Å²) in [6.45, 7) is 0.946. The number of carbonyl (C=O) groups excluding carboxylic acids is 1. The van der Waals surface area contributed by atoms with Gasteiger partial charge in [-0.05, 0) is 66.3 Å². The average molecular weight is 405 g/mol. The van der Waals surface area contributed by atoms with E-state index >= 15 is 0 Å². The van der Waals surface area contributed by atoms with Gasteiger partial charge in [0.1, 0.15) is 0 Å². The Morgan fingerprint density at radius 3 is 2.45 bits per heavy atom. The first-order valence-electron chi connectivity index (χ1n) is 10.5. The standard InChI is InChI=1S/C25H25ClN2O/c26-21-7-3-4-17(12-21)16-28-23-10-11-24(28)15-22(14-23)27-25(29)20-9-8-18-5-1-2-6-19(18)13-20/h1-9,12-13,22-24H,10-11,14-16H2,(H,27,29). The number of piperidine rings is 1. The van der Waals surface area contributed by atoms with E-state index in [4.69, 9.17) is 11.6 Å². The molecule has 2 saturated heterocycles. The lowest BCUT2D eigenvalue weighted by molar-refractivity contribution is 0.0828. The van der Waals surface area contributed by atoms with Crippen LogP contribution in [-0.4, -0.2) is 28.9 Å². The molecular formula is C25H25ClN2O. The number of nitrogens with one attached hydrogen (secondary N) is 1. The van der Waals surface area contributed by atoms with Crippen LogP contribution in [0.2, 0.25) is 5.02 Å². The molecule has 2 heterocycles.